The predicted octanol–water partition coefficient (Wildman–Crippen LogP) is 2.25. The first-order valence-corrected chi connectivity index (χ1v) is 3.68. The third-order valence-electron chi connectivity index (χ3n) is 1.93. The van der Waals surface area contributed by atoms with E-state index in [1.54, 1.807) is 11.9 Å². The van der Waals surface area contributed by atoms with Crippen molar-refractivity contribution in [2.24, 2.45) is 0 Å². The van der Waals surface area contributed by atoms with E-state index in [0.29, 0.717) is 0 Å². The minimum Gasteiger partial charge on any atom is -0.372 e. The molecule has 1 aliphatic rings. The van der Waals surface area contributed by atoms with Gasteiger partial charge in [0.05, 0.1) is 13.0 Å². The summed E-state index contributed by atoms with van der Waals surface area (Å²) in [5.74, 6) is -2.51. The van der Waals surface area contributed by atoms with E-state index in [4.69, 9.17) is 0 Å². The Morgan fingerprint density at radius 1 is 1.45 bits per heavy atom. The third kappa shape index (κ3) is 1.70. The van der Waals surface area contributed by atoms with E-state index >= 15 is 0 Å². The van der Waals surface area contributed by atoms with Gasteiger partial charge in [-0.2, -0.15) is 0 Å². The summed E-state index contributed by atoms with van der Waals surface area (Å²) in [5, 5.41) is 0. The molecular weight excluding hydrogens is 148 g/mol. The van der Waals surface area contributed by atoms with Gasteiger partial charge < -0.3 is 4.90 Å². The van der Waals surface area contributed by atoms with Crippen LogP contribution in [0.25, 0.3) is 0 Å². The van der Waals surface area contributed by atoms with Crippen molar-refractivity contribution < 1.29 is 8.78 Å². The zero-order chi connectivity index (χ0) is 8.65. The number of hydrogen-bond acceptors (Lipinski definition) is 1. The maximum Gasteiger partial charge on any atom is 0.270 e. The second-order valence-corrected chi connectivity index (χ2v) is 3.34. The van der Waals surface area contributed by atoms with Crippen molar-refractivity contribution in [2.45, 2.75) is 26.2 Å². The van der Waals surface area contributed by atoms with Crippen LogP contribution in [-0.4, -0.2) is 24.4 Å². The minimum absolute atomic E-state index is 0.0914. The zero-order valence-corrected chi connectivity index (χ0v) is 7.12. The van der Waals surface area contributed by atoms with Gasteiger partial charge in [-0.1, -0.05) is 5.57 Å². The zero-order valence-electron chi connectivity index (χ0n) is 7.12. The monoisotopic (exact) mass is 161 g/mol. The molecule has 1 heterocycles. The highest BCUT2D eigenvalue weighted by Gasteiger charge is 2.39. The molecule has 0 spiro atoms. The second kappa shape index (κ2) is 2.47. The molecule has 0 aromatic heterocycles. The molecule has 0 amide bonds. The van der Waals surface area contributed by atoms with E-state index in [2.05, 4.69) is 0 Å². The predicted molar refractivity (Wildman–Crippen MR) is 40.6 cm³/mol. The molecule has 1 fully saturated rings. The first-order valence-electron chi connectivity index (χ1n) is 3.68. The summed E-state index contributed by atoms with van der Waals surface area (Å²) in [4.78, 5) is 1.63. The first-order chi connectivity index (χ1) is 4.92. The molecule has 3 heteroatoms. The van der Waals surface area contributed by atoms with E-state index in [0.717, 1.165) is 11.3 Å². The van der Waals surface area contributed by atoms with Gasteiger partial charge in [0.15, 0.2) is 0 Å². The molecule has 64 valence electrons. The van der Waals surface area contributed by atoms with Crippen LogP contribution in [-0.2, 0) is 0 Å². The number of nitrogens with zero attached hydrogens (tertiary/aromatic N) is 1. The van der Waals surface area contributed by atoms with Crippen LogP contribution in [0, 0.1) is 0 Å². The van der Waals surface area contributed by atoms with Gasteiger partial charge in [0.1, 0.15) is 0 Å². The van der Waals surface area contributed by atoms with Crippen LogP contribution in [0.5, 0.6) is 0 Å². The number of alkyl halides is 2. The molecule has 0 aromatic rings. The van der Waals surface area contributed by atoms with E-state index in [1.165, 1.54) is 0 Å². The van der Waals surface area contributed by atoms with E-state index in [9.17, 15) is 8.78 Å². The Morgan fingerprint density at radius 2 is 2.00 bits per heavy atom. The maximum atomic E-state index is 12.7. The van der Waals surface area contributed by atoms with Gasteiger partial charge in [0.25, 0.3) is 5.92 Å². The van der Waals surface area contributed by atoms with Crippen molar-refractivity contribution in [3.63, 3.8) is 0 Å². The topological polar surface area (TPSA) is 3.24 Å². The van der Waals surface area contributed by atoms with Crippen molar-refractivity contribution in [1.29, 1.82) is 0 Å². The standard InChI is InChI=1S/C8H13F2N/c1-6(2)7-4-8(9,10)5-11(7)3/h4-5H2,1-3H3. The molecule has 11 heavy (non-hydrogen) atoms. The summed E-state index contributed by atoms with van der Waals surface area (Å²) in [5.41, 5.74) is 1.78. The summed E-state index contributed by atoms with van der Waals surface area (Å²) >= 11 is 0. The van der Waals surface area contributed by atoms with Crippen LogP contribution in [0.1, 0.15) is 20.3 Å². The Labute approximate surface area is 65.7 Å². The first kappa shape index (κ1) is 8.50. The van der Waals surface area contributed by atoms with Gasteiger partial charge in [-0.15, -0.1) is 0 Å². The lowest BCUT2D eigenvalue weighted by Gasteiger charge is -2.13. The largest absolute Gasteiger partial charge is 0.372 e. The average molecular weight is 161 g/mol. The number of allylic oxidation sites excluding steroid dienone is 2. The third-order valence-corrected chi connectivity index (χ3v) is 1.93. The highest BCUT2D eigenvalue weighted by atomic mass is 19.3. The fraction of sp³-hybridized carbons (Fsp3) is 0.750. The highest BCUT2D eigenvalue weighted by molar-refractivity contribution is 5.15. The summed E-state index contributed by atoms with van der Waals surface area (Å²) in [6.45, 7) is 3.61. The van der Waals surface area contributed by atoms with Crippen molar-refractivity contribution >= 4 is 0 Å². The Bertz CT molecular complexity index is 192. The molecule has 0 aromatic carbocycles. The van der Waals surface area contributed by atoms with Gasteiger partial charge >= 0.3 is 0 Å². The summed E-state index contributed by atoms with van der Waals surface area (Å²) in [7, 11) is 1.71. The van der Waals surface area contributed by atoms with E-state index < -0.39 is 5.92 Å². The SMILES string of the molecule is CC(C)=C1CC(F)(F)CN1C. The maximum absolute atomic E-state index is 12.7. The molecular formula is C8H13F2N. The molecule has 0 N–H and O–H groups in total. The molecule has 0 saturated carbocycles. The smallest absolute Gasteiger partial charge is 0.270 e. The van der Waals surface area contributed by atoms with Crippen LogP contribution in [0.15, 0.2) is 11.3 Å². The molecule has 0 radical (unpaired) electrons. The molecule has 0 atom stereocenters. The van der Waals surface area contributed by atoms with Gasteiger partial charge in [0.2, 0.25) is 0 Å². The summed E-state index contributed by atoms with van der Waals surface area (Å²) < 4.78 is 25.5. The van der Waals surface area contributed by atoms with Crippen molar-refractivity contribution in [1.82, 2.24) is 4.90 Å². The van der Waals surface area contributed by atoms with Crippen LogP contribution in [0.4, 0.5) is 8.78 Å². The highest BCUT2D eigenvalue weighted by Crippen LogP contribution is 2.34. The molecule has 0 unspecified atom stereocenters. The Morgan fingerprint density at radius 3 is 2.18 bits per heavy atom. The number of likely N-dealkylation sites (tertiary alicyclic amines) is 1. The fourth-order valence-corrected chi connectivity index (χ4v) is 1.44. The summed E-state index contributed by atoms with van der Waals surface area (Å²) in [6, 6.07) is 0. The number of hydrogen-bond donors (Lipinski definition) is 0. The fourth-order valence-electron chi connectivity index (χ4n) is 1.44. The Kier molecular flexibility index (Phi) is 1.90. The molecule has 1 rings (SSSR count). The van der Waals surface area contributed by atoms with Crippen molar-refractivity contribution in [2.75, 3.05) is 13.6 Å². The van der Waals surface area contributed by atoms with Crippen LogP contribution < -0.4 is 0 Å². The molecule has 0 bridgehead atoms. The van der Waals surface area contributed by atoms with Crippen molar-refractivity contribution in [3.05, 3.63) is 11.3 Å². The average Bonchev–Trinajstić information content (AvgIpc) is 2.05. The lowest BCUT2D eigenvalue weighted by atomic mass is 10.2. The van der Waals surface area contributed by atoms with Crippen LogP contribution in [0.3, 0.4) is 0 Å². The van der Waals surface area contributed by atoms with E-state index in [1.807, 2.05) is 13.8 Å². The van der Waals surface area contributed by atoms with Gasteiger partial charge in [-0.3, -0.25) is 0 Å². The second-order valence-electron chi connectivity index (χ2n) is 3.34. The van der Waals surface area contributed by atoms with E-state index in [-0.39, 0.29) is 13.0 Å². The van der Waals surface area contributed by atoms with Gasteiger partial charge in [-0.25, -0.2) is 8.78 Å². The molecule has 1 nitrogen and oxygen atoms in total. The summed E-state index contributed by atoms with van der Waals surface area (Å²) in [6.07, 6.45) is -0.0914. The number of halogens is 2. The normalized spacial score (nSPS) is 22.6. The Balaban J connectivity index is 2.83. The minimum atomic E-state index is -2.51. The van der Waals surface area contributed by atoms with Crippen molar-refractivity contribution in [3.8, 4) is 0 Å². The number of rotatable bonds is 0. The molecule has 1 saturated heterocycles. The van der Waals surface area contributed by atoms with Crippen LogP contribution in [0.2, 0.25) is 0 Å². The van der Waals surface area contributed by atoms with Gasteiger partial charge in [0, 0.05) is 12.7 Å². The quantitative estimate of drug-likeness (QED) is 0.526. The lowest BCUT2D eigenvalue weighted by Crippen LogP contribution is -2.21. The molecule has 0 aliphatic carbocycles. The van der Waals surface area contributed by atoms with Gasteiger partial charge in [-0.05, 0) is 13.8 Å². The van der Waals surface area contributed by atoms with Crippen LogP contribution >= 0.6 is 0 Å². The molecule has 1 aliphatic heterocycles. The lowest BCUT2D eigenvalue weighted by molar-refractivity contribution is 0.0149. The Hall–Kier alpha value is -0.600.